The highest BCUT2D eigenvalue weighted by molar-refractivity contribution is 7.22. The maximum absolute atomic E-state index is 13.8. The number of fused-ring (bicyclic) bond motifs is 1. The smallest absolute Gasteiger partial charge is 0.260 e. The van der Waals surface area contributed by atoms with Crippen LogP contribution in [-0.4, -0.2) is 37.3 Å². The van der Waals surface area contributed by atoms with E-state index in [1.165, 1.54) is 11.3 Å². The van der Waals surface area contributed by atoms with Crippen molar-refractivity contribution in [2.24, 2.45) is 0 Å². The van der Waals surface area contributed by atoms with E-state index in [1.54, 1.807) is 18.1 Å². The minimum absolute atomic E-state index is 0.0114. The summed E-state index contributed by atoms with van der Waals surface area (Å²) in [6.07, 6.45) is 1.91. The van der Waals surface area contributed by atoms with Gasteiger partial charge in [0.1, 0.15) is 22.8 Å². The lowest BCUT2D eigenvalue weighted by Crippen LogP contribution is -2.37. The molecule has 1 aliphatic rings. The van der Waals surface area contributed by atoms with Crippen LogP contribution in [0.25, 0.3) is 10.2 Å². The number of anilines is 1. The molecular weight excluding hydrogens is 448 g/mol. The third-order valence-electron chi connectivity index (χ3n) is 5.86. The van der Waals surface area contributed by atoms with Gasteiger partial charge in [-0.2, -0.15) is 0 Å². The van der Waals surface area contributed by atoms with Crippen LogP contribution in [0.2, 0.25) is 0 Å². The third kappa shape index (κ3) is 4.62. The van der Waals surface area contributed by atoms with Gasteiger partial charge in [-0.1, -0.05) is 41.7 Å². The molecule has 4 aromatic rings. The highest BCUT2D eigenvalue weighted by Gasteiger charge is 2.28. The highest BCUT2D eigenvalue weighted by Crippen LogP contribution is 2.37. The molecule has 3 aromatic carbocycles. The number of rotatable bonds is 7. The molecule has 1 amide bonds. The van der Waals surface area contributed by atoms with Crippen LogP contribution < -0.4 is 14.4 Å². The van der Waals surface area contributed by atoms with Gasteiger partial charge in [-0.05, 0) is 61.7 Å². The lowest BCUT2D eigenvalue weighted by Gasteiger charge is -2.23. The Balaban J connectivity index is 1.50. The van der Waals surface area contributed by atoms with Crippen molar-refractivity contribution in [1.29, 1.82) is 0 Å². The molecule has 1 aliphatic heterocycles. The maximum Gasteiger partial charge on any atom is 0.260 e. The Kier molecular flexibility index (Phi) is 6.47. The molecule has 2 heterocycles. The first-order valence-corrected chi connectivity index (χ1v) is 12.1. The Morgan fingerprint density at radius 3 is 2.71 bits per heavy atom. The fraction of sp³-hybridized carbons (Fsp3) is 0.259. The Morgan fingerprint density at radius 2 is 1.94 bits per heavy atom. The molecule has 0 bridgehead atoms. The number of nitrogens with zero attached hydrogens (tertiary/aromatic N) is 2. The van der Waals surface area contributed by atoms with E-state index in [0.717, 1.165) is 41.0 Å². The van der Waals surface area contributed by atoms with Crippen molar-refractivity contribution in [3.8, 4) is 17.2 Å². The van der Waals surface area contributed by atoms with Crippen LogP contribution in [0.4, 0.5) is 5.13 Å². The molecular formula is C27H26N2O4S. The zero-order valence-corrected chi connectivity index (χ0v) is 20.0. The molecule has 5 rings (SSSR count). The van der Waals surface area contributed by atoms with Gasteiger partial charge in [0.05, 0.1) is 24.5 Å². The van der Waals surface area contributed by atoms with Crippen molar-refractivity contribution in [2.45, 2.75) is 25.9 Å². The lowest BCUT2D eigenvalue weighted by atomic mass is 10.1. The van der Waals surface area contributed by atoms with Gasteiger partial charge in [-0.15, -0.1) is 0 Å². The fourth-order valence-electron chi connectivity index (χ4n) is 4.09. The van der Waals surface area contributed by atoms with E-state index in [2.05, 4.69) is 0 Å². The summed E-state index contributed by atoms with van der Waals surface area (Å²) in [5.41, 5.74) is 2.41. The first-order chi connectivity index (χ1) is 16.6. The van der Waals surface area contributed by atoms with Gasteiger partial charge in [0.15, 0.2) is 5.13 Å². The van der Waals surface area contributed by atoms with Gasteiger partial charge < -0.3 is 14.2 Å². The quantitative estimate of drug-likeness (QED) is 0.318. The maximum atomic E-state index is 13.8. The Hall–Kier alpha value is -3.42. The van der Waals surface area contributed by atoms with Gasteiger partial charge in [-0.25, -0.2) is 4.98 Å². The zero-order chi connectivity index (χ0) is 23.5. The summed E-state index contributed by atoms with van der Waals surface area (Å²) >= 11 is 1.50. The topological polar surface area (TPSA) is 60.9 Å². The van der Waals surface area contributed by atoms with Crippen molar-refractivity contribution in [1.82, 2.24) is 4.98 Å². The van der Waals surface area contributed by atoms with Gasteiger partial charge >= 0.3 is 0 Å². The van der Waals surface area contributed by atoms with E-state index in [0.29, 0.717) is 28.7 Å². The number of hydrogen-bond donors (Lipinski definition) is 0. The molecule has 174 valence electrons. The van der Waals surface area contributed by atoms with Crippen LogP contribution in [0.15, 0.2) is 66.7 Å². The first kappa shape index (κ1) is 22.4. The fourth-order valence-corrected chi connectivity index (χ4v) is 5.15. The van der Waals surface area contributed by atoms with Crippen molar-refractivity contribution in [3.63, 3.8) is 0 Å². The van der Waals surface area contributed by atoms with Gasteiger partial charge in [0.2, 0.25) is 0 Å². The number of aryl methyl sites for hydroxylation is 1. The summed E-state index contributed by atoms with van der Waals surface area (Å²) in [5.74, 6) is 1.89. The molecule has 1 fully saturated rings. The molecule has 0 spiro atoms. The molecule has 0 N–H and O–H groups in total. The van der Waals surface area contributed by atoms with E-state index in [4.69, 9.17) is 19.2 Å². The number of carbonyl (C=O) groups excluding carboxylic acids is 1. The predicted molar refractivity (Wildman–Crippen MR) is 135 cm³/mol. The average Bonchev–Trinajstić information content (AvgIpc) is 3.54. The van der Waals surface area contributed by atoms with E-state index in [-0.39, 0.29) is 12.0 Å². The molecule has 0 radical (unpaired) electrons. The molecule has 0 aliphatic carbocycles. The van der Waals surface area contributed by atoms with Crippen molar-refractivity contribution in [2.75, 3.05) is 25.2 Å². The number of methoxy groups -OCH3 is 1. The van der Waals surface area contributed by atoms with Gasteiger partial charge in [-0.3, -0.25) is 9.69 Å². The largest absolute Gasteiger partial charge is 0.494 e. The van der Waals surface area contributed by atoms with Crippen LogP contribution in [0, 0.1) is 6.92 Å². The van der Waals surface area contributed by atoms with Crippen molar-refractivity contribution >= 4 is 32.6 Å². The van der Waals surface area contributed by atoms with Crippen LogP contribution >= 0.6 is 11.3 Å². The van der Waals surface area contributed by atoms with Crippen molar-refractivity contribution in [3.05, 3.63) is 77.9 Å². The Labute approximate surface area is 202 Å². The average molecular weight is 475 g/mol. The number of amides is 1. The van der Waals surface area contributed by atoms with Crippen LogP contribution in [0.3, 0.4) is 0 Å². The summed E-state index contributed by atoms with van der Waals surface area (Å²) < 4.78 is 18.4. The predicted octanol–water partition coefficient (Wildman–Crippen LogP) is 6.23. The summed E-state index contributed by atoms with van der Waals surface area (Å²) in [7, 11) is 1.64. The summed E-state index contributed by atoms with van der Waals surface area (Å²) in [6, 6.07) is 20.7. The second-order valence-electron chi connectivity index (χ2n) is 8.25. The SMILES string of the molecule is COc1ccc(C)c2sc(N(CC3CCCO3)C(=O)c3cccc(Oc4ccccc4)c3)nc12. The van der Waals surface area contributed by atoms with E-state index >= 15 is 0 Å². The molecule has 6 nitrogen and oxygen atoms in total. The van der Waals surface area contributed by atoms with Crippen LogP contribution in [0.5, 0.6) is 17.2 Å². The zero-order valence-electron chi connectivity index (χ0n) is 19.2. The molecule has 7 heteroatoms. The minimum atomic E-state index is -0.135. The normalized spacial score (nSPS) is 15.4. The Bertz CT molecular complexity index is 1300. The number of aromatic nitrogens is 1. The van der Waals surface area contributed by atoms with E-state index in [1.807, 2.05) is 67.6 Å². The van der Waals surface area contributed by atoms with E-state index < -0.39 is 0 Å². The molecule has 1 saturated heterocycles. The van der Waals surface area contributed by atoms with Crippen molar-refractivity contribution < 1.29 is 19.0 Å². The summed E-state index contributed by atoms with van der Waals surface area (Å²) in [4.78, 5) is 20.4. The highest BCUT2D eigenvalue weighted by atomic mass is 32.1. The second kappa shape index (κ2) is 9.83. The first-order valence-electron chi connectivity index (χ1n) is 11.3. The standard InChI is InChI=1S/C27H26N2O4S/c1-18-13-14-23(31-2)24-25(18)34-27(28-24)29(17-22-12-7-15-32-22)26(30)19-8-6-11-21(16-19)33-20-9-4-3-5-10-20/h3-6,8-11,13-14,16,22H,7,12,15,17H2,1-2H3. The second-order valence-corrected chi connectivity index (χ2v) is 9.23. The van der Waals surface area contributed by atoms with Gasteiger partial charge in [0.25, 0.3) is 5.91 Å². The molecule has 1 aromatic heterocycles. The lowest BCUT2D eigenvalue weighted by molar-refractivity contribution is 0.0917. The Morgan fingerprint density at radius 1 is 1.12 bits per heavy atom. The number of carbonyl (C=O) groups is 1. The number of para-hydroxylation sites is 1. The molecule has 1 atom stereocenters. The third-order valence-corrected chi connectivity index (χ3v) is 7.07. The molecule has 1 unspecified atom stereocenters. The van der Waals surface area contributed by atoms with Crippen LogP contribution in [0.1, 0.15) is 28.8 Å². The molecule has 34 heavy (non-hydrogen) atoms. The number of thiazole rings is 1. The van der Waals surface area contributed by atoms with Gasteiger partial charge in [0, 0.05) is 12.2 Å². The van der Waals surface area contributed by atoms with E-state index in [9.17, 15) is 4.79 Å². The molecule has 0 saturated carbocycles. The summed E-state index contributed by atoms with van der Waals surface area (Å²) in [6.45, 7) is 3.21. The minimum Gasteiger partial charge on any atom is -0.494 e. The number of ether oxygens (including phenoxy) is 3. The number of benzene rings is 3. The number of hydrogen-bond acceptors (Lipinski definition) is 6. The van der Waals surface area contributed by atoms with Crippen LogP contribution in [-0.2, 0) is 4.74 Å². The monoisotopic (exact) mass is 474 g/mol. The summed E-state index contributed by atoms with van der Waals surface area (Å²) in [5, 5.41) is 0.637.